The Balaban J connectivity index is 2.26. The van der Waals surface area contributed by atoms with Gasteiger partial charge >= 0.3 is 0 Å². The van der Waals surface area contributed by atoms with Crippen molar-refractivity contribution < 1.29 is 9.53 Å². The molecule has 0 aromatic heterocycles. The fourth-order valence-corrected chi connectivity index (χ4v) is 2.89. The van der Waals surface area contributed by atoms with Gasteiger partial charge < -0.3 is 20.3 Å². The first-order valence-corrected chi connectivity index (χ1v) is 7.49. The van der Waals surface area contributed by atoms with Gasteiger partial charge in [0.1, 0.15) is 5.75 Å². The molecule has 5 nitrogen and oxygen atoms in total. The molecular formula is C16H25N3O2. The van der Waals surface area contributed by atoms with Crippen LogP contribution in [0.25, 0.3) is 0 Å². The van der Waals surface area contributed by atoms with Gasteiger partial charge in [-0.15, -0.1) is 0 Å². The van der Waals surface area contributed by atoms with Crippen LogP contribution in [0.4, 0.5) is 5.69 Å². The monoisotopic (exact) mass is 291 g/mol. The number of likely N-dealkylation sites (N-methyl/N-ethyl adjacent to an activating group) is 1. The Morgan fingerprint density at radius 3 is 2.81 bits per heavy atom. The number of nitrogen functional groups attached to an aromatic ring is 1. The number of nitrogens with two attached hydrogens (primary N) is 1. The van der Waals surface area contributed by atoms with E-state index in [1.165, 1.54) is 0 Å². The number of amides is 1. The van der Waals surface area contributed by atoms with Gasteiger partial charge in [-0.25, -0.2) is 0 Å². The van der Waals surface area contributed by atoms with Gasteiger partial charge in [-0.05, 0) is 38.6 Å². The van der Waals surface area contributed by atoms with Gasteiger partial charge in [0.2, 0.25) is 0 Å². The highest BCUT2D eigenvalue weighted by molar-refractivity contribution is 5.95. The predicted molar refractivity (Wildman–Crippen MR) is 84.6 cm³/mol. The first-order chi connectivity index (χ1) is 10.0. The maximum Gasteiger partial charge on any atom is 0.254 e. The minimum Gasteiger partial charge on any atom is -0.497 e. The van der Waals surface area contributed by atoms with E-state index in [2.05, 4.69) is 18.9 Å². The molecule has 5 heteroatoms. The number of nitrogens with zero attached hydrogens (tertiary/aromatic N) is 2. The lowest BCUT2D eigenvalue weighted by molar-refractivity contribution is 0.0675. The van der Waals surface area contributed by atoms with E-state index in [0.29, 0.717) is 17.0 Å². The van der Waals surface area contributed by atoms with Gasteiger partial charge in [0.05, 0.1) is 7.11 Å². The second kappa shape index (κ2) is 6.80. The average Bonchev–Trinajstić information content (AvgIpc) is 2.66. The van der Waals surface area contributed by atoms with Crippen molar-refractivity contribution >= 4 is 11.6 Å². The number of ether oxygens (including phenoxy) is 1. The largest absolute Gasteiger partial charge is 0.497 e. The fraction of sp³-hybridized carbons (Fsp3) is 0.562. The maximum atomic E-state index is 12.8. The molecule has 0 spiro atoms. The zero-order valence-electron chi connectivity index (χ0n) is 13.1. The summed E-state index contributed by atoms with van der Waals surface area (Å²) in [6.45, 7) is 4.87. The molecule has 1 aromatic rings. The van der Waals surface area contributed by atoms with Crippen LogP contribution in [-0.2, 0) is 0 Å². The lowest BCUT2D eigenvalue weighted by atomic mass is 10.1. The average molecular weight is 291 g/mol. The Morgan fingerprint density at radius 1 is 1.38 bits per heavy atom. The standard InChI is InChI=1S/C16H25N3O2/c1-4-14-11-18(2)6-5-7-19(14)16(20)12-8-13(17)10-15(9-12)21-3/h8-10,14H,4-7,11,17H2,1-3H3. The molecule has 0 radical (unpaired) electrons. The lowest BCUT2D eigenvalue weighted by Crippen LogP contribution is -2.43. The first kappa shape index (κ1) is 15.6. The number of methoxy groups -OCH3 is 1. The SMILES string of the molecule is CCC1CN(C)CCCN1C(=O)c1cc(N)cc(OC)c1. The molecule has 1 unspecified atom stereocenters. The van der Waals surface area contributed by atoms with Gasteiger partial charge in [-0.3, -0.25) is 4.79 Å². The lowest BCUT2D eigenvalue weighted by Gasteiger charge is -2.30. The van der Waals surface area contributed by atoms with E-state index in [1.807, 2.05) is 4.90 Å². The minimum absolute atomic E-state index is 0.0442. The van der Waals surface area contributed by atoms with Crippen LogP contribution in [0, 0.1) is 0 Å². The summed E-state index contributed by atoms with van der Waals surface area (Å²) in [6.07, 6.45) is 1.95. The second-order valence-corrected chi connectivity index (χ2v) is 5.67. The third kappa shape index (κ3) is 3.67. The molecule has 1 aliphatic heterocycles. The molecule has 1 aromatic carbocycles. The van der Waals surface area contributed by atoms with Gasteiger partial charge in [0, 0.05) is 36.4 Å². The summed E-state index contributed by atoms with van der Waals surface area (Å²) in [6, 6.07) is 5.47. The van der Waals surface area contributed by atoms with E-state index >= 15 is 0 Å². The first-order valence-electron chi connectivity index (χ1n) is 7.49. The van der Waals surface area contributed by atoms with E-state index in [-0.39, 0.29) is 11.9 Å². The van der Waals surface area contributed by atoms with Crippen LogP contribution in [-0.4, -0.2) is 55.5 Å². The fourth-order valence-electron chi connectivity index (χ4n) is 2.89. The number of carbonyl (C=O) groups is 1. The van der Waals surface area contributed by atoms with Gasteiger partial charge in [-0.1, -0.05) is 6.92 Å². The van der Waals surface area contributed by atoms with Crippen LogP contribution in [0.3, 0.4) is 0 Å². The molecule has 1 aliphatic rings. The summed E-state index contributed by atoms with van der Waals surface area (Å²) in [4.78, 5) is 17.1. The molecule has 1 amide bonds. The molecule has 21 heavy (non-hydrogen) atoms. The Kier molecular flexibility index (Phi) is 5.07. The Bertz CT molecular complexity index is 504. The highest BCUT2D eigenvalue weighted by atomic mass is 16.5. The summed E-state index contributed by atoms with van der Waals surface area (Å²) < 4.78 is 5.21. The number of carbonyl (C=O) groups excluding carboxylic acids is 1. The number of hydrogen-bond donors (Lipinski definition) is 1. The summed E-state index contributed by atoms with van der Waals surface area (Å²) in [7, 11) is 3.69. The van der Waals surface area contributed by atoms with Crippen molar-refractivity contribution in [3.05, 3.63) is 23.8 Å². The maximum absolute atomic E-state index is 12.8. The second-order valence-electron chi connectivity index (χ2n) is 5.67. The zero-order valence-corrected chi connectivity index (χ0v) is 13.1. The van der Waals surface area contributed by atoms with Crippen LogP contribution in [0.5, 0.6) is 5.75 Å². The number of benzene rings is 1. The van der Waals surface area contributed by atoms with Crippen molar-refractivity contribution in [2.75, 3.05) is 39.5 Å². The van der Waals surface area contributed by atoms with E-state index < -0.39 is 0 Å². The molecule has 0 bridgehead atoms. The number of rotatable bonds is 3. The topological polar surface area (TPSA) is 58.8 Å². The minimum atomic E-state index is 0.0442. The van der Waals surface area contributed by atoms with Crippen LogP contribution < -0.4 is 10.5 Å². The van der Waals surface area contributed by atoms with Crippen molar-refractivity contribution in [1.29, 1.82) is 0 Å². The van der Waals surface area contributed by atoms with Crippen molar-refractivity contribution in [1.82, 2.24) is 9.80 Å². The van der Waals surface area contributed by atoms with E-state index in [0.717, 1.165) is 32.5 Å². The predicted octanol–water partition coefficient (Wildman–Crippen LogP) is 1.83. The molecular weight excluding hydrogens is 266 g/mol. The van der Waals surface area contributed by atoms with Gasteiger partial charge in [-0.2, -0.15) is 0 Å². The van der Waals surface area contributed by atoms with Crippen LogP contribution in [0.1, 0.15) is 30.1 Å². The van der Waals surface area contributed by atoms with Gasteiger partial charge in [0.25, 0.3) is 5.91 Å². The Hall–Kier alpha value is -1.75. The van der Waals surface area contributed by atoms with E-state index in [4.69, 9.17) is 10.5 Å². The van der Waals surface area contributed by atoms with Crippen LogP contribution >= 0.6 is 0 Å². The van der Waals surface area contributed by atoms with Crippen molar-refractivity contribution in [2.45, 2.75) is 25.8 Å². The van der Waals surface area contributed by atoms with E-state index in [1.54, 1.807) is 25.3 Å². The molecule has 1 saturated heterocycles. The molecule has 2 rings (SSSR count). The molecule has 0 aliphatic carbocycles. The Morgan fingerprint density at radius 2 is 2.14 bits per heavy atom. The molecule has 2 N–H and O–H groups in total. The molecule has 1 atom stereocenters. The summed E-state index contributed by atoms with van der Waals surface area (Å²) in [5, 5.41) is 0. The molecule has 1 fully saturated rings. The summed E-state index contributed by atoms with van der Waals surface area (Å²) in [5.74, 6) is 0.668. The summed E-state index contributed by atoms with van der Waals surface area (Å²) in [5.41, 5.74) is 7.02. The normalized spacial score (nSPS) is 20.1. The van der Waals surface area contributed by atoms with E-state index in [9.17, 15) is 4.79 Å². The third-order valence-corrected chi connectivity index (χ3v) is 4.05. The number of anilines is 1. The highest BCUT2D eigenvalue weighted by Gasteiger charge is 2.27. The van der Waals surface area contributed by atoms with Crippen molar-refractivity contribution in [2.24, 2.45) is 0 Å². The third-order valence-electron chi connectivity index (χ3n) is 4.05. The molecule has 0 saturated carbocycles. The summed E-state index contributed by atoms with van der Waals surface area (Å²) >= 11 is 0. The quantitative estimate of drug-likeness (QED) is 0.863. The van der Waals surface area contributed by atoms with Crippen LogP contribution in [0.15, 0.2) is 18.2 Å². The molecule has 1 heterocycles. The van der Waals surface area contributed by atoms with Crippen molar-refractivity contribution in [3.8, 4) is 5.75 Å². The zero-order chi connectivity index (χ0) is 15.4. The smallest absolute Gasteiger partial charge is 0.254 e. The van der Waals surface area contributed by atoms with Crippen molar-refractivity contribution in [3.63, 3.8) is 0 Å². The highest BCUT2D eigenvalue weighted by Crippen LogP contribution is 2.22. The molecule has 116 valence electrons. The van der Waals surface area contributed by atoms with Gasteiger partial charge in [0.15, 0.2) is 0 Å². The number of hydrogen-bond acceptors (Lipinski definition) is 4. The van der Waals surface area contributed by atoms with Crippen LogP contribution in [0.2, 0.25) is 0 Å². The Labute approximate surface area is 126 Å².